The van der Waals surface area contributed by atoms with Crippen molar-refractivity contribution < 1.29 is 19.5 Å². The maximum atomic E-state index is 13.1. The highest BCUT2D eigenvalue weighted by molar-refractivity contribution is 7.80. The number of halogens is 2. The summed E-state index contributed by atoms with van der Waals surface area (Å²) in [6.07, 6.45) is 8.67. The fourth-order valence-corrected chi connectivity index (χ4v) is 5.80. The van der Waals surface area contributed by atoms with Crippen molar-refractivity contribution in [1.29, 1.82) is 0 Å². The summed E-state index contributed by atoms with van der Waals surface area (Å²) in [6.45, 7) is 0.633. The van der Waals surface area contributed by atoms with Gasteiger partial charge in [-0.15, -0.1) is 0 Å². The molecule has 1 heterocycles. The molecule has 1 aliphatic rings. The SMILES string of the molecule is CN(C(=S)N[C@@H](Cc1ccc(NC(=O)c2c(Cl)cncc2Cl)cc1)C(=O)O)c1ccccc1C(=O)NCC1CCCCC1. The number of benzene rings is 2. The summed E-state index contributed by atoms with van der Waals surface area (Å²) < 4.78 is 0. The predicted octanol–water partition coefficient (Wildman–Crippen LogP) is 5.96. The number of nitrogens with zero attached hydrogens (tertiary/aromatic N) is 2. The lowest BCUT2D eigenvalue weighted by atomic mass is 9.89. The normalized spacial score (nSPS) is 13.9. The molecule has 9 nitrogen and oxygen atoms in total. The van der Waals surface area contributed by atoms with Gasteiger partial charge in [-0.25, -0.2) is 4.79 Å². The average Bonchev–Trinajstić information content (AvgIpc) is 3.00. The minimum atomic E-state index is -1.09. The number of hydrogen-bond acceptors (Lipinski definition) is 5. The van der Waals surface area contributed by atoms with Gasteiger partial charge in [0.2, 0.25) is 0 Å². The minimum Gasteiger partial charge on any atom is -0.480 e. The third-order valence-electron chi connectivity index (χ3n) is 7.42. The molecule has 2 aromatic carbocycles. The Bertz CT molecular complexity index is 1460. The number of carboxylic acids is 1. The molecule has 2 amide bonds. The van der Waals surface area contributed by atoms with Gasteiger partial charge in [-0.1, -0.05) is 66.7 Å². The van der Waals surface area contributed by atoms with Crippen molar-refractivity contribution in [2.75, 3.05) is 23.8 Å². The standard InChI is InChI=1S/C31H33Cl2N5O4S/c1-38(26-10-6-5-9-22(26)28(39)35-16-20-7-3-2-4-8-20)31(43)37-25(30(41)42)15-19-11-13-21(14-12-19)36-29(40)27-23(32)17-34-18-24(27)33/h5-6,9-14,17-18,20,25H,2-4,7-8,15-16H2,1H3,(H,35,39)(H,36,40)(H,37,43)(H,41,42)/t25-/m0/s1. The Hall–Kier alpha value is -3.73. The topological polar surface area (TPSA) is 124 Å². The molecule has 12 heteroatoms. The molecule has 1 atom stereocenters. The summed E-state index contributed by atoms with van der Waals surface area (Å²) in [5.41, 5.74) is 2.32. The Labute approximate surface area is 266 Å². The van der Waals surface area contributed by atoms with E-state index in [9.17, 15) is 19.5 Å². The van der Waals surface area contributed by atoms with E-state index in [2.05, 4.69) is 20.9 Å². The number of aromatic nitrogens is 1. The third kappa shape index (κ3) is 8.65. The van der Waals surface area contributed by atoms with Gasteiger partial charge >= 0.3 is 5.97 Å². The van der Waals surface area contributed by atoms with Crippen LogP contribution in [0.1, 0.15) is 58.4 Å². The van der Waals surface area contributed by atoms with E-state index in [1.54, 1.807) is 60.5 Å². The maximum absolute atomic E-state index is 13.1. The van der Waals surface area contributed by atoms with Crippen LogP contribution in [0.3, 0.4) is 0 Å². The Morgan fingerprint density at radius 1 is 1.00 bits per heavy atom. The van der Waals surface area contributed by atoms with Crippen molar-refractivity contribution in [3.8, 4) is 0 Å². The van der Waals surface area contributed by atoms with Crippen molar-refractivity contribution in [3.63, 3.8) is 0 Å². The quantitative estimate of drug-likeness (QED) is 0.200. The van der Waals surface area contributed by atoms with E-state index in [-0.39, 0.29) is 33.0 Å². The van der Waals surface area contributed by atoms with E-state index in [1.807, 2.05) is 0 Å². The summed E-state index contributed by atoms with van der Waals surface area (Å²) in [5, 5.41) is 19.0. The first-order chi connectivity index (χ1) is 20.6. The largest absolute Gasteiger partial charge is 0.480 e. The van der Waals surface area contributed by atoms with Gasteiger partial charge in [0, 0.05) is 38.1 Å². The average molecular weight is 643 g/mol. The second kappa shape index (κ2) is 15.1. The van der Waals surface area contributed by atoms with Crippen LogP contribution in [0.5, 0.6) is 0 Å². The highest BCUT2D eigenvalue weighted by atomic mass is 35.5. The number of anilines is 2. The van der Waals surface area contributed by atoms with Crippen molar-refractivity contribution in [3.05, 3.63) is 87.7 Å². The summed E-state index contributed by atoms with van der Waals surface area (Å²) in [4.78, 5) is 43.3. The second-order valence-electron chi connectivity index (χ2n) is 10.5. The van der Waals surface area contributed by atoms with Crippen LogP contribution in [-0.2, 0) is 11.2 Å². The van der Waals surface area contributed by atoms with E-state index in [0.29, 0.717) is 35.0 Å². The third-order valence-corrected chi connectivity index (χ3v) is 8.38. The highest BCUT2D eigenvalue weighted by Gasteiger charge is 2.24. The van der Waals surface area contributed by atoms with Crippen molar-refractivity contribution in [2.45, 2.75) is 44.6 Å². The maximum Gasteiger partial charge on any atom is 0.326 e. The minimum absolute atomic E-state index is 0.110. The second-order valence-corrected chi connectivity index (χ2v) is 11.7. The number of nitrogens with one attached hydrogen (secondary N) is 3. The summed E-state index contributed by atoms with van der Waals surface area (Å²) in [7, 11) is 1.69. The number of carboxylic acid groups (broad SMARTS) is 1. The van der Waals surface area contributed by atoms with Gasteiger partial charge in [-0.2, -0.15) is 0 Å². The molecule has 0 saturated heterocycles. The molecule has 0 aliphatic heterocycles. The van der Waals surface area contributed by atoms with Gasteiger partial charge < -0.3 is 26.0 Å². The van der Waals surface area contributed by atoms with E-state index < -0.39 is 17.9 Å². The molecular weight excluding hydrogens is 609 g/mol. The fraction of sp³-hybridized carbons (Fsp3) is 0.323. The Kier molecular flexibility index (Phi) is 11.3. The van der Waals surface area contributed by atoms with Crippen molar-refractivity contribution >= 4 is 69.7 Å². The Balaban J connectivity index is 1.38. The summed E-state index contributed by atoms with van der Waals surface area (Å²) >= 11 is 17.7. The van der Waals surface area contributed by atoms with Crippen LogP contribution in [0.15, 0.2) is 60.9 Å². The fourth-order valence-electron chi connectivity index (χ4n) is 5.02. The van der Waals surface area contributed by atoms with E-state index >= 15 is 0 Å². The zero-order valence-electron chi connectivity index (χ0n) is 23.6. The first kappa shape index (κ1) is 32.2. The molecule has 1 aromatic heterocycles. The van der Waals surface area contributed by atoms with Gasteiger partial charge in [-0.05, 0) is 60.8 Å². The molecule has 4 rings (SSSR count). The molecule has 0 bridgehead atoms. The highest BCUT2D eigenvalue weighted by Crippen LogP contribution is 2.25. The lowest BCUT2D eigenvalue weighted by Crippen LogP contribution is -2.48. The van der Waals surface area contributed by atoms with Gasteiger partial charge in [0.1, 0.15) is 6.04 Å². The van der Waals surface area contributed by atoms with Gasteiger partial charge in [-0.3, -0.25) is 14.6 Å². The molecular formula is C31H33Cl2N5O4S. The number of para-hydroxylation sites is 1. The number of carbonyl (C=O) groups is 3. The molecule has 1 fully saturated rings. The Morgan fingerprint density at radius 3 is 2.30 bits per heavy atom. The molecule has 1 saturated carbocycles. The zero-order chi connectivity index (χ0) is 30.9. The molecule has 0 unspecified atom stereocenters. The van der Waals surface area contributed by atoms with Gasteiger partial charge in [0.25, 0.3) is 11.8 Å². The van der Waals surface area contributed by atoms with Crippen LogP contribution in [-0.4, -0.2) is 52.6 Å². The van der Waals surface area contributed by atoms with E-state index in [4.69, 9.17) is 35.4 Å². The van der Waals surface area contributed by atoms with Gasteiger partial charge in [0.15, 0.2) is 5.11 Å². The van der Waals surface area contributed by atoms with Crippen LogP contribution in [0, 0.1) is 5.92 Å². The van der Waals surface area contributed by atoms with Crippen LogP contribution >= 0.6 is 35.4 Å². The molecule has 226 valence electrons. The van der Waals surface area contributed by atoms with Crippen LogP contribution in [0.2, 0.25) is 10.0 Å². The van der Waals surface area contributed by atoms with Crippen molar-refractivity contribution in [1.82, 2.24) is 15.6 Å². The number of amides is 2. The summed E-state index contributed by atoms with van der Waals surface area (Å²) in [5.74, 6) is -1.28. The number of hydrogen-bond donors (Lipinski definition) is 4. The van der Waals surface area contributed by atoms with E-state index in [0.717, 1.165) is 12.8 Å². The molecule has 1 aliphatic carbocycles. The van der Waals surface area contributed by atoms with Gasteiger partial charge in [0.05, 0.1) is 26.9 Å². The van der Waals surface area contributed by atoms with Crippen LogP contribution < -0.4 is 20.9 Å². The number of thiocarbonyl (C=S) groups is 1. The smallest absolute Gasteiger partial charge is 0.326 e. The van der Waals surface area contributed by atoms with Crippen LogP contribution in [0.25, 0.3) is 0 Å². The molecule has 4 N–H and O–H groups in total. The molecule has 43 heavy (non-hydrogen) atoms. The predicted molar refractivity (Wildman–Crippen MR) is 173 cm³/mol. The lowest BCUT2D eigenvalue weighted by Gasteiger charge is -2.26. The molecule has 0 spiro atoms. The number of rotatable bonds is 10. The first-order valence-corrected chi connectivity index (χ1v) is 15.1. The Morgan fingerprint density at radius 2 is 1.65 bits per heavy atom. The van der Waals surface area contributed by atoms with Crippen LogP contribution in [0.4, 0.5) is 11.4 Å². The van der Waals surface area contributed by atoms with E-state index in [1.165, 1.54) is 31.7 Å². The first-order valence-electron chi connectivity index (χ1n) is 14.0. The lowest BCUT2D eigenvalue weighted by molar-refractivity contribution is -0.139. The number of aliphatic carboxylic acids is 1. The monoisotopic (exact) mass is 641 g/mol. The number of carbonyl (C=O) groups excluding carboxylic acids is 2. The molecule has 3 aromatic rings. The van der Waals surface area contributed by atoms with Crippen molar-refractivity contribution in [2.24, 2.45) is 5.92 Å². The number of pyridine rings is 1. The summed E-state index contributed by atoms with van der Waals surface area (Å²) in [6, 6.07) is 12.8. The zero-order valence-corrected chi connectivity index (χ0v) is 25.9. The molecule has 0 radical (unpaired) electrons.